The van der Waals surface area contributed by atoms with Gasteiger partial charge in [0.05, 0.1) is 30.5 Å². The van der Waals surface area contributed by atoms with Crippen molar-refractivity contribution in [3.8, 4) is 0 Å². The molecule has 0 unspecified atom stereocenters. The highest BCUT2D eigenvalue weighted by Gasteiger charge is 2.57. The minimum atomic E-state index is -0.815. The Morgan fingerprint density at radius 1 is 1.23 bits per heavy atom. The largest absolute Gasteiger partial charge is 0.393 e. The van der Waals surface area contributed by atoms with Gasteiger partial charge in [-0.3, -0.25) is 0 Å². The van der Waals surface area contributed by atoms with Gasteiger partial charge >= 0.3 is 0 Å². The number of aliphatic hydroxyl groups excluding tert-OH is 2. The van der Waals surface area contributed by atoms with Gasteiger partial charge in [0, 0.05) is 11.8 Å². The Kier molecular flexibility index (Phi) is 5.92. The summed E-state index contributed by atoms with van der Waals surface area (Å²) in [4.78, 5) is 0. The normalized spacial score (nSPS) is 41.1. The van der Waals surface area contributed by atoms with Crippen LogP contribution < -0.4 is 0 Å². The van der Waals surface area contributed by atoms with Crippen LogP contribution in [0, 0.1) is 22.7 Å². The van der Waals surface area contributed by atoms with E-state index in [0.717, 1.165) is 19.3 Å². The summed E-state index contributed by atoms with van der Waals surface area (Å²) < 4.78 is 6.14. The molecule has 0 spiro atoms. The number of allylic oxidation sites excluding steroid dienone is 4. The van der Waals surface area contributed by atoms with E-state index >= 15 is 0 Å². The van der Waals surface area contributed by atoms with Crippen molar-refractivity contribution < 1.29 is 20.1 Å². The SMILES string of the molecule is C[C@@H](OC/C=C/C(C)(C)O)C1=CC[C@H]2C3=CC=C4C[C@@H](O)C[C@H](O)[C@]4(C)[C@H]3CC[C@]12C. The third-order valence-electron chi connectivity index (χ3n) is 8.70. The molecule has 4 rings (SSSR count). The van der Waals surface area contributed by atoms with E-state index in [4.69, 9.17) is 4.74 Å². The quantitative estimate of drug-likeness (QED) is 0.565. The van der Waals surface area contributed by atoms with Gasteiger partial charge in [-0.1, -0.05) is 55.4 Å². The van der Waals surface area contributed by atoms with Crippen LogP contribution in [0.4, 0.5) is 0 Å². The number of ether oxygens (including phenoxy) is 1. The summed E-state index contributed by atoms with van der Waals surface area (Å²) in [5, 5.41) is 31.0. The molecule has 4 aliphatic carbocycles. The van der Waals surface area contributed by atoms with Gasteiger partial charge in [0.25, 0.3) is 0 Å². The maximum absolute atomic E-state index is 11.0. The minimum Gasteiger partial charge on any atom is -0.393 e. The lowest BCUT2D eigenvalue weighted by Crippen LogP contribution is -2.52. The van der Waals surface area contributed by atoms with E-state index in [2.05, 4.69) is 39.0 Å². The van der Waals surface area contributed by atoms with Crippen LogP contribution >= 0.6 is 0 Å². The molecule has 7 atom stereocenters. The highest BCUT2D eigenvalue weighted by molar-refractivity contribution is 5.43. The van der Waals surface area contributed by atoms with Gasteiger partial charge < -0.3 is 20.1 Å². The Hall–Kier alpha value is -1.20. The van der Waals surface area contributed by atoms with Crippen molar-refractivity contribution in [3.63, 3.8) is 0 Å². The van der Waals surface area contributed by atoms with Crippen molar-refractivity contribution >= 4 is 0 Å². The number of hydrogen-bond donors (Lipinski definition) is 3. The molecule has 0 heterocycles. The number of rotatable bonds is 5. The molecule has 2 fully saturated rings. The van der Waals surface area contributed by atoms with Gasteiger partial charge in [-0.2, -0.15) is 0 Å². The Bertz CT molecular complexity index is 829. The Balaban J connectivity index is 1.52. The monoisotopic (exact) mass is 428 g/mol. The van der Waals surface area contributed by atoms with E-state index in [1.54, 1.807) is 19.9 Å². The van der Waals surface area contributed by atoms with Crippen molar-refractivity contribution in [3.05, 3.63) is 47.1 Å². The van der Waals surface area contributed by atoms with Crippen LogP contribution in [-0.2, 0) is 4.74 Å². The zero-order chi connectivity index (χ0) is 22.6. The molecule has 0 bridgehead atoms. The predicted molar refractivity (Wildman–Crippen MR) is 123 cm³/mol. The van der Waals surface area contributed by atoms with Gasteiger partial charge in [-0.25, -0.2) is 0 Å². The fraction of sp³-hybridized carbons (Fsp3) is 0.704. The first-order valence-electron chi connectivity index (χ1n) is 12.0. The zero-order valence-electron chi connectivity index (χ0n) is 19.8. The van der Waals surface area contributed by atoms with Gasteiger partial charge in [0.2, 0.25) is 0 Å². The number of fused-ring (bicyclic) bond motifs is 5. The van der Waals surface area contributed by atoms with E-state index in [0.29, 0.717) is 31.3 Å². The van der Waals surface area contributed by atoms with Crippen LogP contribution in [0.5, 0.6) is 0 Å². The molecule has 3 N–H and O–H groups in total. The maximum Gasteiger partial charge on any atom is 0.0772 e. The van der Waals surface area contributed by atoms with Crippen LogP contribution in [-0.4, -0.2) is 45.8 Å². The highest BCUT2D eigenvalue weighted by Crippen LogP contribution is 2.64. The number of hydrogen-bond acceptors (Lipinski definition) is 4. The van der Waals surface area contributed by atoms with Crippen LogP contribution in [0.1, 0.15) is 66.7 Å². The van der Waals surface area contributed by atoms with Crippen LogP contribution in [0.25, 0.3) is 0 Å². The van der Waals surface area contributed by atoms with Crippen LogP contribution in [0.3, 0.4) is 0 Å². The number of aliphatic hydroxyl groups is 3. The smallest absolute Gasteiger partial charge is 0.0772 e. The molecule has 0 aromatic heterocycles. The second-order valence-electron chi connectivity index (χ2n) is 11.2. The molecule has 2 saturated carbocycles. The molecule has 4 nitrogen and oxygen atoms in total. The first-order valence-corrected chi connectivity index (χ1v) is 12.0. The Morgan fingerprint density at radius 3 is 2.68 bits per heavy atom. The van der Waals surface area contributed by atoms with Gasteiger partial charge in [-0.15, -0.1) is 0 Å². The lowest BCUT2D eigenvalue weighted by atomic mass is 9.49. The first kappa shape index (κ1) is 23.0. The molecule has 172 valence electrons. The molecule has 0 aromatic rings. The minimum absolute atomic E-state index is 0.0410. The van der Waals surface area contributed by atoms with E-state index in [9.17, 15) is 15.3 Å². The topological polar surface area (TPSA) is 69.9 Å². The lowest BCUT2D eigenvalue weighted by Gasteiger charge is -2.56. The van der Waals surface area contributed by atoms with Crippen molar-refractivity contribution in [2.45, 2.75) is 90.6 Å². The van der Waals surface area contributed by atoms with Crippen LogP contribution in [0.2, 0.25) is 0 Å². The van der Waals surface area contributed by atoms with E-state index in [1.165, 1.54) is 16.7 Å². The summed E-state index contributed by atoms with van der Waals surface area (Å²) >= 11 is 0. The summed E-state index contributed by atoms with van der Waals surface area (Å²) in [5.74, 6) is 0.805. The molecule has 0 aliphatic heterocycles. The molecule has 31 heavy (non-hydrogen) atoms. The van der Waals surface area contributed by atoms with E-state index < -0.39 is 17.8 Å². The zero-order valence-corrected chi connectivity index (χ0v) is 19.8. The first-order chi connectivity index (χ1) is 14.5. The second-order valence-corrected chi connectivity index (χ2v) is 11.2. The Labute approximate surface area is 187 Å². The Morgan fingerprint density at radius 2 is 1.97 bits per heavy atom. The molecule has 4 heteroatoms. The third kappa shape index (κ3) is 3.90. The molecule has 4 aliphatic rings. The molecule has 0 aromatic carbocycles. The van der Waals surface area contributed by atoms with Crippen molar-refractivity contribution in [2.24, 2.45) is 22.7 Å². The maximum atomic E-state index is 11.0. The van der Waals surface area contributed by atoms with Crippen LogP contribution in [0.15, 0.2) is 47.1 Å². The summed E-state index contributed by atoms with van der Waals surface area (Å²) in [6.07, 6.45) is 14.0. The molecular formula is C27H40O4. The summed E-state index contributed by atoms with van der Waals surface area (Å²) in [5.41, 5.74) is 3.12. The van der Waals surface area contributed by atoms with Crippen molar-refractivity contribution in [1.29, 1.82) is 0 Å². The van der Waals surface area contributed by atoms with E-state index in [1.807, 2.05) is 6.08 Å². The van der Waals surface area contributed by atoms with Gasteiger partial charge in [-0.05, 0) is 69.3 Å². The molecule has 0 radical (unpaired) electrons. The van der Waals surface area contributed by atoms with E-state index in [-0.39, 0.29) is 16.9 Å². The summed E-state index contributed by atoms with van der Waals surface area (Å²) in [7, 11) is 0. The van der Waals surface area contributed by atoms with Crippen molar-refractivity contribution in [1.82, 2.24) is 0 Å². The fourth-order valence-corrected chi connectivity index (χ4v) is 6.92. The molecule has 0 amide bonds. The summed E-state index contributed by atoms with van der Waals surface area (Å²) in [6.45, 7) is 10.8. The van der Waals surface area contributed by atoms with Crippen molar-refractivity contribution in [2.75, 3.05) is 6.61 Å². The highest BCUT2D eigenvalue weighted by atomic mass is 16.5. The third-order valence-corrected chi connectivity index (χ3v) is 8.70. The molecule has 0 saturated heterocycles. The lowest BCUT2D eigenvalue weighted by molar-refractivity contribution is -0.0500. The average Bonchev–Trinajstić information content (AvgIpc) is 3.03. The second kappa shape index (κ2) is 7.98. The van der Waals surface area contributed by atoms with Gasteiger partial charge in [0.1, 0.15) is 0 Å². The predicted octanol–water partition coefficient (Wildman–Crippen LogP) is 4.47. The summed E-state index contributed by atoms with van der Waals surface area (Å²) in [6, 6.07) is 0. The fourth-order valence-electron chi connectivity index (χ4n) is 6.92. The standard InChI is InChI=1S/C27H40O4/c1-17(31-14-6-12-25(2,3)30)21-9-10-22-20-8-7-18-15-19(28)16-24(29)27(18,5)23(20)11-13-26(21,22)4/h6-9,12,17,19,22-24,28-30H,10-11,13-16H2,1-5H3/b12-6+/t17-,19-,22+,23+,24+,26-,27+/m1/s1. The molecular weight excluding hydrogens is 388 g/mol. The van der Waals surface area contributed by atoms with Gasteiger partial charge in [0.15, 0.2) is 0 Å². The average molecular weight is 429 g/mol.